The van der Waals surface area contributed by atoms with E-state index in [1.54, 1.807) is 0 Å². The molecule has 0 N–H and O–H groups in total. The van der Waals surface area contributed by atoms with Gasteiger partial charge >= 0.3 is 0 Å². The third kappa shape index (κ3) is 2.76. The molecule has 0 atom stereocenters. The zero-order valence-corrected chi connectivity index (χ0v) is 14.1. The molecule has 17 heavy (non-hydrogen) atoms. The van der Waals surface area contributed by atoms with Crippen molar-refractivity contribution in [2.75, 3.05) is 19.0 Å². The number of rotatable bonds is 2. The van der Waals surface area contributed by atoms with Crippen LogP contribution in [0.25, 0.3) is 11.1 Å². The van der Waals surface area contributed by atoms with Gasteiger partial charge in [0.25, 0.3) is 0 Å². The van der Waals surface area contributed by atoms with Crippen molar-refractivity contribution in [1.29, 1.82) is 0 Å². The second-order valence-corrected chi connectivity index (χ2v) is 6.33. The predicted octanol–water partition coefficient (Wildman–Crippen LogP) is 4.63. The van der Waals surface area contributed by atoms with E-state index in [0.29, 0.717) is 0 Å². The van der Waals surface area contributed by atoms with Crippen LogP contribution in [0.3, 0.4) is 0 Å². The molecular weight excluding hydrogens is 436 g/mol. The Morgan fingerprint density at radius 3 is 2.12 bits per heavy atom. The second kappa shape index (κ2) is 5.56. The highest BCUT2D eigenvalue weighted by Crippen LogP contribution is 2.36. The molecule has 2 aromatic rings. The van der Waals surface area contributed by atoms with Crippen LogP contribution in [-0.4, -0.2) is 14.1 Å². The van der Waals surface area contributed by atoms with Gasteiger partial charge in [-0.05, 0) is 68.9 Å². The molecule has 0 radical (unpaired) electrons. The molecule has 2 rings (SSSR count). The highest BCUT2D eigenvalue weighted by molar-refractivity contribution is 14.1. The Morgan fingerprint density at radius 1 is 0.824 bits per heavy atom. The van der Waals surface area contributed by atoms with E-state index in [1.807, 2.05) is 0 Å². The lowest BCUT2D eigenvalue weighted by molar-refractivity contribution is 1.13. The van der Waals surface area contributed by atoms with Crippen molar-refractivity contribution in [1.82, 2.24) is 0 Å². The first kappa shape index (κ1) is 13.1. The topological polar surface area (TPSA) is 3.24 Å². The van der Waals surface area contributed by atoms with Crippen LogP contribution < -0.4 is 4.90 Å². The molecule has 1 nitrogen and oxygen atoms in total. The minimum atomic E-state index is 1.26. The van der Waals surface area contributed by atoms with E-state index in [9.17, 15) is 0 Å². The van der Waals surface area contributed by atoms with Gasteiger partial charge in [-0.3, -0.25) is 0 Å². The van der Waals surface area contributed by atoms with Crippen LogP contribution in [0.2, 0.25) is 0 Å². The van der Waals surface area contributed by atoms with Gasteiger partial charge in [0.05, 0.1) is 0 Å². The Bertz CT molecular complexity index is 535. The molecule has 2 aromatic carbocycles. The van der Waals surface area contributed by atoms with Crippen LogP contribution >= 0.6 is 45.2 Å². The molecular formula is C14H13I2N. The lowest BCUT2D eigenvalue weighted by Crippen LogP contribution is -2.10. The van der Waals surface area contributed by atoms with E-state index >= 15 is 0 Å². The number of hydrogen-bond donors (Lipinski definition) is 0. The second-order valence-electron chi connectivity index (χ2n) is 4.01. The van der Waals surface area contributed by atoms with Crippen LogP contribution in [-0.2, 0) is 0 Å². The first-order valence-electron chi connectivity index (χ1n) is 5.32. The molecule has 0 aliphatic rings. The van der Waals surface area contributed by atoms with Crippen LogP contribution in [0, 0.1) is 7.14 Å². The largest absolute Gasteiger partial charge is 0.377 e. The summed E-state index contributed by atoms with van der Waals surface area (Å²) in [6.45, 7) is 0. The van der Waals surface area contributed by atoms with Crippen molar-refractivity contribution in [3.05, 3.63) is 49.6 Å². The Morgan fingerprint density at radius 2 is 1.47 bits per heavy atom. The highest BCUT2D eigenvalue weighted by Gasteiger charge is 2.12. The first-order valence-corrected chi connectivity index (χ1v) is 7.47. The first-order chi connectivity index (χ1) is 8.11. The van der Waals surface area contributed by atoms with Crippen LogP contribution in [0.5, 0.6) is 0 Å². The average molecular weight is 449 g/mol. The summed E-state index contributed by atoms with van der Waals surface area (Å²) in [7, 11) is 4.18. The average Bonchev–Trinajstić information content (AvgIpc) is 2.30. The van der Waals surface area contributed by atoms with Gasteiger partial charge in [0, 0.05) is 32.5 Å². The van der Waals surface area contributed by atoms with E-state index in [-0.39, 0.29) is 0 Å². The van der Waals surface area contributed by atoms with Crippen LogP contribution in [0.15, 0.2) is 42.5 Å². The summed E-state index contributed by atoms with van der Waals surface area (Å²) in [5.41, 5.74) is 3.89. The molecule has 0 fully saturated rings. The lowest BCUT2D eigenvalue weighted by Gasteiger charge is -2.19. The zero-order valence-electron chi connectivity index (χ0n) is 9.74. The number of nitrogens with zero attached hydrogens (tertiary/aromatic N) is 1. The Kier molecular flexibility index (Phi) is 4.30. The molecule has 0 aliphatic carbocycles. The number of anilines is 1. The molecule has 0 bridgehead atoms. The van der Waals surface area contributed by atoms with Crippen molar-refractivity contribution < 1.29 is 0 Å². The van der Waals surface area contributed by atoms with Gasteiger partial charge in [-0.25, -0.2) is 0 Å². The highest BCUT2D eigenvalue weighted by atomic mass is 127. The fourth-order valence-corrected chi connectivity index (χ4v) is 3.25. The molecule has 3 heteroatoms. The fraction of sp³-hybridized carbons (Fsp3) is 0.143. The Labute approximate surface area is 130 Å². The van der Waals surface area contributed by atoms with Crippen molar-refractivity contribution in [3.63, 3.8) is 0 Å². The Balaban J connectivity index is 2.70. The molecule has 0 saturated heterocycles. The molecule has 88 valence electrons. The molecule has 0 aromatic heterocycles. The summed E-state index contributed by atoms with van der Waals surface area (Å²) < 4.78 is 2.58. The summed E-state index contributed by atoms with van der Waals surface area (Å²) in [4.78, 5) is 2.17. The van der Waals surface area contributed by atoms with Crippen molar-refractivity contribution >= 4 is 50.9 Å². The maximum atomic E-state index is 2.41. The third-order valence-electron chi connectivity index (χ3n) is 2.62. The third-order valence-corrected chi connectivity index (χ3v) is 4.46. The predicted molar refractivity (Wildman–Crippen MR) is 91.6 cm³/mol. The molecule has 0 spiro atoms. The van der Waals surface area contributed by atoms with Crippen LogP contribution in [0.4, 0.5) is 5.69 Å². The summed E-state index contributed by atoms with van der Waals surface area (Å²) in [6, 6.07) is 14.9. The molecule has 0 heterocycles. The summed E-state index contributed by atoms with van der Waals surface area (Å²) in [5.74, 6) is 0. The smallest absolute Gasteiger partial charge is 0.0451 e. The van der Waals surface area contributed by atoms with Gasteiger partial charge in [0.2, 0.25) is 0 Å². The summed E-state index contributed by atoms with van der Waals surface area (Å²) >= 11 is 4.81. The zero-order chi connectivity index (χ0) is 12.4. The number of hydrogen-bond acceptors (Lipinski definition) is 1. The number of halogens is 2. The minimum absolute atomic E-state index is 1.26. The summed E-state index contributed by atoms with van der Waals surface area (Å²) in [5, 5.41) is 0. The Hall–Kier alpha value is -0.300. The van der Waals surface area contributed by atoms with Crippen molar-refractivity contribution in [2.24, 2.45) is 0 Å². The minimum Gasteiger partial charge on any atom is -0.377 e. The van der Waals surface area contributed by atoms with E-state index in [2.05, 4.69) is 107 Å². The SMILES string of the molecule is CN(C)c1cccc(I)c1-c1ccccc1I. The maximum absolute atomic E-state index is 2.41. The van der Waals surface area contributed by atoms with Gasteiger partial charge in [0.15, 0.2) is 0 Å². The standard InChI is InChI=1S/C14H13I2N/c1-17(2)13-9-5-8-12(16)14(13)10-6-3-4-7-11(10)15/h3-9H,1-2H3. The monoisotopic (exact) mass is 449 g/mol. The molecule has 0 saturated carbocycles. The van der Waals surface area contributed by atoms with E-state index in [4.69, 9.17) is 0 Å². The van der Waals surface area contributed by atoms with Crippen LogP contribution in [0.1, 0.15) is 0 Å². The molecule has 0 unspecified atom stereocenters. The van der Waals surface area contributed by atoms with Crippen molar-refractivity contribution in [3.8, 4) is 11.1 Å². The van der Waals surface area contributed by atoms with Gasteiger partial charge < -0.3 is 4.90 Å². The maximum Gasteiger partial charge on any atom is 0.0451 e. The normalized spacial score (nSPS) is 10.4. The number of benzene rings is 2. The quantitative estimate of drug-likeness (QED) is 0.605. The van der Waals surface area contributed by atoms with Gasteiger partial charge in [-0.2, -0.15) is 0 Å². The molecule has 0 amide bonds. The summed E-state index contributed by atoms with van der Waals surface area (Å²) in [6.07, 6.45) is 0. The molecule has 0 aliphatic heterocycles. The fourth-order valence-electron chi connectivity index (χ4n) is 1.82. The van der Waals surface area contributed by atoms with E-state index in [1.165, 1.54) is 24.0 Å². The lowest BCUT2D eigenvalue weighted by atomic mass is 10.0. The van der Waals surface area contributed by atoms with Gasteiger partial charge in [-0.15, -0.1) is 0 Å². The van der Waals surface area contributed by atoms with E-state index < -0.39 is 0 Å². The van der Waals surface area contributed by atoms with Crippen molar-refractivity contribution in [2.45, 2.75) is 0 Å². The van der Waals surface area contributed by atoms with E-state index in [0.717, 1.165) is 0 Å². The van der Waals surface area contributed by atoms with Gasteiger partial charge in [0.1, 0.15) is 0 Å². The van der Waals surface area contributed by atoms with Gasteiger partial charge in [-0.1, -0.05) is 24.3 Å².